The van der Waals surface area contributed by atoms with Gasteiger partial charge in [0.25, 0.3) is 0 Å². The van der Waals surface area contributed by atoms with Crippen molar-refractivity contribution in [3.8, 4) is 0 Å². The lowest BCUT2D eigenvalue weighted by Crippen LogP contribution is -2.48. The second-order valence-corrected chi connectivity index (χ2v) is 11.0. The van der Waals surface area contributed by atoms with Crippen molar-refractivity contribution in [2.45, 2.75) is 41.1 Å². The largest absolute Gasteiger partial charge is 0.390 e. The molecule has 2 fully saturated rings. The molecule has 5 heterocycles. The van der Waals surface area contributed by atoms with E-state index in [1.54, 1.807) is 10.7 Å². The van der Waals surface area contributed by atoms with Crippen LogP contribution in [0.25, 0.3) is 4.96 Å². The number of pyridine rings is 1. The van der Waals surface area contributed by atoms with Crippen molar-refractivity contribution < 1.29 is 9.84 Å². The van der Waals surface area contributed by atoms with Gasteiger partial charge >= 0.3 is 0 Å². The van der Waals surface area contributed by atoms with Crippen molar-refractivity contribution in [2.24, 2.45) is 5.73 Å². The minimum absolute atomic E-state index is 0.127. The molecule has 0 atom stereocenters. The number of nitrogens with zero attached hydrogens (tertiary/aromatic N) is 6. The van der Waals surface area contributed by atoms with E-state index in [4.69, 9.17) is 32.2 Å². The fourth-order valence-electron chi connectivity index (χ4n) is 4.01. The Kier molecular flexibility index (Phi) is 6.21. The third-order valence-electron chi connectivity index (χ3n) is 5.96. The lowest BCUT2D eigenvalue weighted by molar-refractivity contribution is 0.122. The van der Waals surface area contributed by atoms with Gasteiger partial charge in [0.05, 0.1) is 24.8 Å². The smallest absolute Gasteiger partial charge is 0.215 e. The van der Waals surface area contributed by atoms with Crippen LogP contribution in [-0.2, 0) is 11.3 Å². The minimum Gasteiger partial charge on any atom is -0.390 e. The topological polar surface area (TPSA) is 105 Å². The average molecular weight is 496 g/mol. The molecule has 0 unspecified atom stereocenters. The van der Waals surface area contributed by atoms with Crippen LogP contribution in [0.5, 0.6) is 0 Å². The number of hydrogen-bond acceptors (Lipinski definition) is 10. The van der Waals surface area contributed by atoms with Gasteiger partial charge in [-0.2, -0.15) is 4.98 Å². The maximum atomic E-state index is 10.1. The highest BCUT2D eigenvalue weighted by Gasteiger charge is 2.29. The summed E-state index contributed by atoms with van der Waals surface area (Å²) in [6.07, 6.45) is 3.56. The van der Waals surface area contributed by atoms with Gasteiger partial charge in [-0.3, -0.25) is 0 Å². The van der Waals surface area contributed by atoms with Crippen LogP contribution in [0.1, 0.15) is 25.5 Å². The summed E-state index contributed by atoms with van der Waals surface area (Å²) in [7, 11) is 0. The molecule has 2 saturated heterocycles. The first-order chi connectivity index (χ1) is 15.4. The number of piperidine rings is 1. The first-order valence-electron chi connectivity index (χ1n) is 10.6. The molecule has 172 valence electrons. The average Bonchev–Trinajstić information content (AvgIpc) is 3.33. The van der Waals surface area contributed by atoms with E-state index in [0.29, 0.717) is 23.9 Å². The highest BCUT2D eigenvalue weighted by molar-refractivity contribution is 8.01. The Hall–Kier alpha value is -1.63. The Morgan fingerprint density at radius 3 is 2.66 bits per heavy atom. The van der Waals surface area contributed by atoms with Crippen LogP contribution in [0.4, 0.5) is 11.6 Å². The van der Waals surface area contributed by atoms with Crippen molar-refractivity contribution in [1.29, 1.82) is 0 Å². The molecule has 5 rings (SSSR count). The molecule has 0 amide bonds. The van der Waals surface area contributed by atoms with Crippen molar-refractivity contribution >= 4 is 51.3 Å². The quantitative estimate of drug-likeness (QED) is 0.552. The van der Waals surface area contributed by atoms with Crippen molar-refractivity contribution in [3.63, 3.8) is 0 Å². The SMILES string of the molecule is CC1(N)CCN(c2nc3sc(Sc4ccnc(N5CCOCC5)c4Cl)nn3c2CO)CC1. The zero-order valence-corrected chi connectivity index (χ0v) is 20.2. The first-order valence-corrected chi connectivity index (χ1v) is 12.6. The molecule has 12 heteroatoms. The van der Waals surface area contributed by atoms with Crippen LogP contribution in [-0.4, -0.2) is 69.6 Å². The van der Waals surface area contributed by atoms with Crippen molar-refractivity contribution in [1.82, 2.24) is 19.6 Å². The van der Waals surface area contributed by atoms with Gasteiger partial charge < -0.3 is 25.4 Å². The van der Waals surface area contributed by atoms with E-state index in [1.807, 2.05) is 6.07 Å². The number of aliphatic hydroxyl groups excluding tert-OH is 1. The molecule has 0 aromatic carbocycles. The van der Waals surface area contributed by atoms with Gasteiger partial charge in [0.1, 0.15) is 11.5 Å². The van der Waals surface area contributed by atoms with E-state index in [0.717, 1.165) is 64.9 Å². The van der Waals surface area contributed by atoms with E-state index in [1.165, 1.54) is 23.1 Å². The molecule has 32 heavy (non-hydrogen) atoms. The van der Waals surface area contributed by atoms with Crippen LogP contribution in [0.2, 0.25) is 5.02 Å². The van der Waals surface area contributed by atoms with Gasteiger partial charge in [0.15, 0.2) is 10.2 Å². The Bertz CT molecular complexity index is 1100. The third-order valence-corrected chi connectivity index (χ3v) is 8.46. The van der Waals surface area contributed by atoms with Crippen LogP contribution >= 0.6 is 34.7 Å². The summed E-state index contributed by atoms with van der Waals surface area (Å²) in [4.78, 5) is 15.3. The monoisotopic (exact) mass is 495 g/mol. The van der Waals surface area contributed by atoms with E-state index in [2.05, 4.69) is 21.7 Å². The molecular formula is C20H26ClN7O2S2. The van der Waals surface area contributed by atoms with Crippen LogP contribution < -0.4 is 15.5 Å². The molecule has 0 saturated carbocycles. The van der Waals surface area contributed by atoms with Gasteiger partial charge in [0.2, 0.25) is 4.96 Å². The van der Waals surface area contributed by atoms with Crippen molar-refractivity contribution in [3.05, 3.63) is 23.0 Å². The second-order valence-electron chi connectivity index (χ2n) is 8.39. The molecular weight excluding hydrogens is 470 g/mol. The number of fused-ring (bicyclic) bond motifs is 1. The summed E-state index contributed by atoms with van der Waals surface area (Å²) in [6.45, 7) is 6.50. The molecule has 2 aliphatic heterocycles. The number of imidazole rings is 1. The van der Waals surface area contributed by atoms with Gasteiger partial charge in [-0.05, 0) is 25.8 Å². The fraction of sp³-hybridized carbons (Fsp3) is 0.550. The van der Waals surface area contributed by atoms with Crippen LogP contribution in [0.15, 0.2) is 21.5 Å². The summed E-state index contributed by atoms with van der Waals surface area (Å²) in [5.74, 6) is 1.58. The number of rotatable bonds is 5. The number of anilines is 2. The summed E-state index contributed by atoms with van der Waals surface area (Å²) >= 11 is 9.68. The Balaban J connectivity index is 1.39. The molecule has 3 aromatic heterocycles. The molecule has 3 N–H and O–H groups in total. The molecule has 3 aromatic rings. The summed E-state index contributed by atoms with van der Waals surface area (Å²) in [6, 6.07) is 1.90. The van der Waals surface area contributed by atoms with E-state index < -0.39 is 0 Å². The number of halogens is 1. The summed E-state index contributed by atoms with van der Waals surface area (Å²) < 4.78 is 7.99. The summed E-state index contributed by atoms with van der Waals surface area (Å²) in [5.41, 5.74) is 6.84. The number of morpholine rings is 1. The standard InChI is InChI=1S/C20H26ClN7O2S2/c1-20(22)3-6-26(7-4-20)16-13(12-29)28-18(24-16)32-19(25-28)31-14-2-5-23-17(15(14)21)27-8-10-30-11-9-27/h2,5,29H,3-4,6-12,22H2,1H3. The lowest BCUT2D eigenvalue weighted by Gasteiger charge is -2.37. The van der Waals surface area contributed by atoms with Gasteiger partial charge in [0, 0.05) is 42.8 Å². The molecule has 2 aliphatic rings. The Labute approximate surface area is 199 Å². The van der Waals surface area contributed by atoms with Crippen molar-refractivity contribution in [2.75, 3.05) is 49.2 Å². The minimum atomic E-state index is -0.140. The Morgan fingerprint density at radius 1 is 1.22 bits per heavy atom. The number of nitrogens with two attached hydrogens (primary N) is 1. The zero-order chi connectivity index (χ0) is 22.3. The fourth-order valence-corrected chi connectivity index (χ4v) is 6.28. The molecule has 9 nitrogen and oxygen atoms in total. The highest BCUT2D eigenvalue weighted by Crippen LogP contribution is 2.40. The third kappa shape index (κ3) is 4.29. The van der Waals surface area contributed by atoms with Crippen LogP contribution in [0, 0.1) is 0 Å². The van der Waals surface area contributed by atoms with E-state index in [9.17, 15) is 5.11 Å². The first kappa shape index (κ1) is 22.2. The normalized spacial score (nSPS) is 19.1. The molecule has 0 bridgehead atoms. The maximum Gasteiger partial charge on any atom is 0.215 e. The predicted octanol–water partition coefficient (Wildman–Crippen LogP) is 2.64. The van der Waals surface area contributed by atoms with E-state index >= 15 is 0 Å². The predicted molar refractivity (Wildman–Crippen MR) is 127 cm³/mol. The van der Waals surface area contributed by atoms with Gasteiger partial charge in [-0.15, -0.1) is 5.10 Å². The summed E-state index contributed by atoms with van der Waals surface area (Å²) in [5, 5.41) is 15.4. The lowest BCUT2D eigenvalue weighted by atomic mass is 9.91. The second kappa shape index (κ2) is 8.96. The van der Waals surface area contributed by atoms with Gasteiger partial charge in [-0.1, -0.05) is 34.7 Å². The van der Waals surface area contributed by atoms with Gasteiger partial charge in [-0.25, -0.2) is 9.50 Å². The molecule has 0 radical (unpaired) electrons. The molecule has 0 aliphatic carbocycles. The number of hydrogen-bond donors (Lipinski definition) is 2. The number of ether oxygens (including phenoxy) is 1. The van der Waals surface area contributed by atoms with E-state index in [-0.39, 0.29) is 12.1 Å². The highest BCUT2D eigenvalue weighted by atomic mass is 35.5. The zero-order valence-electron chi connectivity index (χ0n) is 17.8. The number of aliphatic hydroxyl groups is 1. The Morgan fingerprint density at radius 2 is 1.94 bits per heavy atom. The van der Waals surface area contributed by atoms with Crippen LogP contribution in [0.3, 0.4) is 0 Å². The molecule has 0 spiro atoms. The maximum absolute atomic E-state index is 10.1. The number of aromatic nitrogens is 4.